The van der Waals surface area contributed by atoms with Crippen LogP contribution in [0.4, 0.5) is 8.78 Å². The number of rotatable bonds is 3. The molecule has 0 saturated carbocycles. The first kappa shape index (κ1) is 11.9. The molecule has 1 aromatic carbocycles. The molecule has 2 aromatic rings. The van der Waals surface area contributed by atoms with Crippen molar-refractivity contribution in [1.82, 2.24) is 4.98 Å². The van der Waals surface area contributed by atoms with Gasteiger partial charge in [-0.15, -0.1) is 0 Å². The Kier molecular flexibility index (Phi) is 2.81. The number of benzene rings is 1. The summed E-state index contributed by atoms with van der Waals surface area (Å²) in [6.45, 7) is 4.87. The van der Waals surface area contributed by atoms with Gasteiger partial charge in [-0.25, -0.2) is 0 Å². The minimum atomic E-state index is -3.15. The first-order valence-electron chi connectivity index (χ1n) is 5.54. The Bertz CT molecular complexity index is 526. The first-order chi connectivity index (χ1) is 7.85. The maximum absolute atomic E-state index is 12.7. The Labute approximate surface area is 98.6 Å². The van der Waals surface area contributed by atoms with Crippen molar-refractivity contribution < 1.29 is 13.5 Å². The second-order valence-electron chi connectivity index (χ2n) is 4.54. The number of aromatic nitrogens is 1. The van der Waals surface area contributed by atoms with Crippen molar-refractivity contribution in [2.75, 3.05) is 0 Å². The molecule has 0 saturated heterocycles. The predicted molar refractivity (Wildman–Crippen MR) is 63.6 cm³/mol. The Hall–Kier alpha value is -1.58. The van der Waals surface area contributed by atoms with E-state index >= 15 is 0 Å². The molecule has 0 aliphatic rings. The normalized spacial score (nSPS) is 12.4. The summed E-state index contributed by atoms with van der Waals surface area (Å²) in [6.07, 6.45) is -3.15. The minimum Gasteiger partial charge on any atom is -0.433 e. The summed E-state index contributed by atoms with van der Waals surface area (Å²) in [5.74, 6) is 0.554. The standard InChI is InChI=1S/C13H15F2NO/c1-8(2)12-7-9-6-10(17-13(3,14)15)4-5-11(9)16-12/h4-8,16H,1-3H3. The van der Waals surface area contributed by atoms with Crippen molar-refractivity contribution in [1.29, 1.82) is 0 Å². The fraction of sp³-hybridized carbons (Fsp3) is 0.385. The fourth-order valence-corrected chi connectivity index (χ4v) is 1.71. The van der Waals surface area contributed by atoms with Crippen LogP contribution in [0.15, 0.2) is 24.3 Å². The largest absolute Gasteiger partial charge is 0.433 e. The van der Waals surface area contributed by atoms with E-state index in [1.165, 1.54) is 0 Å². The number of aromatic amines is 1. The van der Waals surface area contributed by atoms with E-state index in [4.69, 9.17) is 0 Å². The van der Waals surface area contributed by atoms with Crippen molar-refractivity contribution in [3.63, 3.8) is 0 Å². The molecule has 1 aromatic heterocycles. The van der Waals surface area contributed by atoms with E-state index in [9.17, 15) is 8.78 Å². The Morgan fingerprint density at radius 2 is 1.94 bits per heavy atom. The van der Waals surface area contributed by atoms with Crippen LogP contribution in [0.3, 0.4) is 0 Å². The van der Waals surface area contributed by atoms with Crippen LogP contribution in [0.1, 0.15) is 32.4 Å². The molecule has 92 valence electrons. The monoisotopic (exact) mass is 239 g/mol. The molecule has 0 atom stereocenters. The highest BCUT2D eigenvalue weighted by molar-refractivity contribution is 5.82. The van der Waals surface area contributed by atoms with E-state index in [2.05, 4.69) is 23.6 Å². The average Bonchev–Trinajstić information content (AvgIpc) is 2.57. The number of H-pyrrole nitrogens is 1. The molecule has 0 unspecified atom stereocenters. The molecule has 1 N–H and O–H groups in total. The van der Waals surface area contributed by atoms with E-state index in [-0.39, 0.29) is 5.75 Å². The summed E-state index contributed by atoms with van der Waals surface area (Å²) >= 11 is 0. The number of fused-ring (bicyclic) bond motifs is 1. The number of alkyl halides is 2. The molecular formula is C13H15F2NO. The summed E-state index contributed by atoms with van der Waals surface area (Å²) in [5, 5.41) is 0.885. The van der Waals surface area contributed by atoms with Crippen LogP contribution >= 0.6 is 0 Å². The summed E-state index contributed by atoms with van der Waals surface area (Å²) in [4.78, 5) is 3.24. The zero-order chi connectivity index (χ0) is 12.6. The molecule has 4 heteroatoms. The molecule has 2 nitrogen and oxygen atoms in total. The van der Waals surface area contributed by atoms with Gasteiger partial charge in [0, 0.05) is 23.5 Å². The molecule has 0 radical (unpaired) electrons. The van der Waals surface area contributed by atoms with Gasteiger partial charge in [0.25, 0.3) is 0 Å². The smallest absolute Gasteiger partial charge is 0.394 e. The highest BCUT2D eigenvalue weighted by Crippen LogP contribution is 2.27. The van der Waals surface area contributed by atoms with Crippen molar-refractivity contribution >= 4 is 10.9 Å². The number of halogens is 2. The Morgan fingerprint density at radius 1 is 1.24 bits per heavy atom. The topological polar surface area (TPSA) is 25.0 Å². The molecule has 17 heavy (non-hydrogen) atoms. The lowest BCUT2D eigenvalue weighted by Crippen LogP contribution is -2.18. The van der Waals surface area contributed by atoms with Gasteiger partial charge in [-0.2, -0.15) is 8.78 Å². The summed E-state index contributed by atoms with van der Waals surface area (Å²) in [5.41, 5.74) is 2.01. The summed E-state index contributed by atoms with van der Waals surface area (Å²) in [7, 11) is 0. The van der Waals surface area contributed by atoms with Crippen LogP contribution in [-0.4, -0.2) is 11.1 Å². The van der Waals surface area contributed by atoms with Gasteiger partial charge in [0.05, 0.1) is 0 Å². The highest BCUT2D eigenvalue weighted by atomic mass is 19.3. The number of nitrogens with one attached hydrogen (secondary N) is 1. The van der Waals surface area contributed by atoms with E-state index in [1.807, 2.05) is 6.07 Å². The number of hydrogen-bond acceptors (Lipinski definition) is 1. The molecule has 0 aliphatic heterocycles. The maximum atomic E-state index is 12.7. The van der Waals surface area contributed by atoms with Crippen LogP contribution in [0, 0.1) is 0 Å². The Morgan fingerprint density at radius 3 is 2.53 bits per heavy atom. The first-order valence-corrected chi connectivity index (χ1v) is 5.54. The third-order valence-corrected chi connectivity index (χ3v) is 2.53. The summed E-state index contributed by atoms with van der Waals surface area (Å²) < 4.78 is 30.0. The molecule has 0 amide bonds. The van der Waals surface area contributed by atoms with Crippen LogP contribution in [0.25, 0.3) is 10.9 Å². The van der Waals surface area contributed by atoms with Crippen molar-refractivity contribution in [3.05, 3.63) is 30.0 Å². The average molecular weight is 239 g/mol. The molecule has 1 heterocycles. The third-order valence-electron chi connectivity index (χ3n) is 2.53. The second-order valence-corrected chi connectivity index (χ2v) is 4.54. The SMILES string of the molecule is CC(C)c1cc2cc(OC(C)(F)F)ccc2[nH]1. The van der Waals surface area contributed by atoms with Crippen LogP contribution in [-0.2, 0) is 0 Å². The van der Waals surface area contributed by atoms with E-state index in [1.54, 1.807) is 18.2 Å². The van der Waals surface area contributed by atoms with Gasteiger partial charge in [0.2, 0.25) is 0 Å². The third kappa shape index (κ3) is 2.75. The lowest BCUT2D eigenvalue weighted by molar-refractivity contribution is -0.158. The van der Waals surface area contributed by atoms with Gasteiger partial charge in [0.1, 0.15) is 5.75 Å². The molecule has 0 aliphatic carbocycles. The summed E-state index contributed by atoms with van der Waals surface area (Å²) in [6, 6.07) is 6.87. The van der Waals surface area contributed by atoms with Gasteiger partial charge in [-0.3, -0.25) is 0 Å². The van der Waals surface area contributed by atoms with Crippen molar-refractivity contribution in [2.45, 2.75) is 32.8 Å². The van der Waals surface area contributed by atoms with Crippen LogP contribution < -0.4 is 4.74 Å². The quantitative estimate of drug-likeness (QED) is 0.849. The molecule has 0 spiro atoms. The van der Waals surface area contributed by atoms with Gasteiger partial charge in [-0.05, 0) is 30.2 Å². The number of ether oxygens (including phenoxy) is 1. The van der Waals surface area contributed by atoms with Gasteiger partial charge in [-0.1, -0.05) is 13.8 Å². The number of hydrogen-bond donors (Lipinski definition) is 1. The van der Waals surface area contributed by atoms with Crippen molar-refractivity contribution in [3.8, 4) is 5.75 Å². The highest BCUT2D eigenvalue weighted by Gasteiger charge is 2.23. The lowest BCUT2D eigenvalue weighted by Gasteiger charge is -2.12. The molecule has 0 bridgehead atoms. The minimum absolute atomic E-state index is 0.180. The van der Waals surface area contributed by atoms with Gasteiger partial charge in [0.15, 0.2) is 0 Å². The predicted octanol–water partition coefficient (Wildman–Crippen LogP) is 4.28. The fourth-order valence-electron chi connectivity index (χ4n) is 1.71. The zero-order valence-corrected chi connectivity index (χ0v) is 10.1. The Balaban J connectivity index is 2.37. The zero-order valence-electron chi connectivity index (χ0n) is 10.1. The lowest BCUT2D eigenvalue weighted by atomic mass is 10.1. The molecule has 0 fully saturated rings. The van der Waals surface area contributed by atoms with Gasteiger partial charge >= 0.3 is 6.11 Å². The molecule has 2 rings (SSSR count). The van der Waals surface area contributed by atoms with E-state index in [0.717, 1.165) is 23.5 Å². The maximum Gasteiger partial charge on any atom is 0.394 e. The van der Waals surface area contributed by atoms with Crippen LogP contribution in [0.2, 0.25) is 0 Å². The van der Waals surface area contributed by atoms with E-state index in [0.29, 0.717) is 5.92 Å². The van der Waals surface area contributed by atoms with Crippen LogP contribution in [0.5, 0.6) is 5.75 Å². The van der Waals surface area contributed by atoms with Crippen molar-refractivity contribution in [2.24, 2.45) is 0 Å². The van der Waals surface area contributed by atoms with E-state index < -0.39 is 6.11 Å². The molecular weight excluding hydrogens is 224 g/mol. The van der Waals surface area contributed by atoms with Gasteiger partial charge < -0.3 is 9.72 Å². The second kappa shape index (κ2) is 4.02.